The Morgan fingerprint density at radius 1 is 1.45 bits per heavy atom. The van der Waals surface area contributed by atoms with E-state index >= 15 is 0 Å². The van der Waals surface area contributed by atoms with Gasteiger partial charge in [-0.25, -0.2) is 4.98 Å². The zero-order valence-electron chi connectivity index (χ0n) is 13.2. The first-order chi connectivity index (χ1) is 10.7. The summed E-state index contributed by atoms with van der Waals surface area (Å²) in [7, 11) is 0. The van der Waals surface area contributed by atoms with E-state index in [0.717, 1.165) is 25.3 Å². The molecule has 2 aliphatic rings. The van der Waals surface area contributed by atoms with Gasteiger partial charge in [0.05, 0.1) is 12.2 Å². The largest absolute Gasteiger partial charge is 0.371 e. The van der Waals surface area contributed by atoms with Crippen molar-refractivity contribution < 1.29 is 9.53 Å². The van der Waals surface area contributed by atoms with E-state index in [1.807, 2.05) is 0 Å². The fraction of sp³-hybridized carbons (Fsp3) is 0.647. The van der Waals surface area contributed by atoms with Gasteiger partial charge < -0.3 is 15.4 Å². The third-order valence-electron chi connectivity index (χ3n) is 4.57. The molecule has 2 N–H and O–H groups in total. The number of primary amides is 1. The predicted molar refractivity (Wildman–Crippen MR) is 85.9 cm³/mol. The molecule has 5 heteroatoms. The lowest BCUT2D eigenvalue weighted by atomic mass is 10.1. The summed E-state index contributed by atoms with van der Waals surface area (Å²) in [5.41, 5.74) is 5.90. The summed E-state index contributed by atoms with van der Waals surface area (Å²) in [5, 5.41) is 0. The first-order valence-corrected chi connectivity index (χ1v) is 8.33. The van der Waals surface area contributed by atoms with Gasteiger partial charge in [0, 0.05) is 24.8 Å². The lowest BCUT2D eigenvalue weighted by Gasteiger charge is -2.39. The molecule has 1 aromatic rings. The van der Waals surface area contributed by atoms with Crippen molar-refractivity contribution in [2.24, 2.45) is 11.7 Å². The van der Waals surface area contributed by atoms with Gasteiger partial charge in [0.2, 0.25) is 5.91 Å². The van der Waals surface area contributed by atoms with Crippen LogP contribution in [0.5, 0.6) is 0 Å². The standard InChI is InChI=1S/C17H25N3O2/c1-2-3-4-14-10-20(11-15(22-14)12-5-6-12)16-9-13(17(18)21)7-8-19-16/h7-9,12,14-15H,2-6,10-11H2,1H3,(H2,18,21). The third-order valence-corrected chi connectivity index (χ3v) is 4.57. The third kappa shape index (κ3) is 3.58. The molecule has 1 saturated heterocycles. The van der Waals surface area contributed by atoms with Gasteiger partial charge in [0.1, 0.15) is 5.82 Å². The summed E-state index contributed by atoms with van der Waals surface area (Å²) in [5.74, 6) is 1.14. The van der Waals surface area contributed by atoms with Crippen LogP contribution in [-0.2, 0) is 4.74 Å². The summed E-state index contributed by atoms with van der Waals surface area (Å²) in [6.45, 7) is 3.91. The normalized spacial score (nSPS) is 25.2. The summed E-state index contributed by atoms with van der Waals surface area (Å²) < 4.78 is 6.28. The Morgan fingerprint density at radius 3 is 2.95 bits per heavy atom. The molecule has 0 radical (unpaired) electrons. The Morgan fingerprint density at radius 2 is 2.27 bits per heavy atom. The van der Waals surface area contributed by atoms with Crippen LogP contribution < -0.4 is 10.6 Å². The molecule has 0 spiro atoms. The molecule has 0 aromatic carbocycles. The molecule has 2 unspecified atom stereocenters. The van der Waals surface area contributed by atoms with Gasteiger partial charge in [0.25, 0.3) is 0 Å². The van der Waals surface area contributed by atoms with Crippen molar-refractivity contribution in [1.82, 2.24) is 4.98 Å². The van der Waals surface area contributed by atoms with E-state index in [1.54, 1.807) is 18.3 Å². The maximum absolute atomic E-state index is 11.4. The molecule has 0 bridgehead atoms. The Labute approximate surface area is 131 Å². The molecule has 120 valence electrons. The highest BCUT2D eigenvalue weighted by molar-refractivity contribution is 5.93. The maximum Gasteiger partial charge on any atom is 0.248 e. The lowest BCUT2D eigenvalue weighted by Crippen LogP contribution is -2.49. The summed E-state index contributed by atoms with van der Waals surface area (Å²) >= 11 is 0. The van der Waals surface area contributed by atoms with Gasteiger partial charge in [-0.2, -0.15) is 0 Å². The first kappa shape index (κ1) is 15.3. The molecule has 3 rings (SSSR count). The van der Waals surface area contributed by atoms with Crippen LogP contribution in [-0.4, -0.2) is 36.2 Å². The van der Waals surface area contributed by atoms with Gasteiger partial charge in [-0.1, -0.05) is 19.8 Å². The molecule has 5 nitrogen and oxygen atoms in total. The molecule has 1 aliphatic carbocycles. The van der Waals surface area contributed by atoms with Crippen molar-refractivity contribution in [2.45, 2.75) is 51.2 Å². The number of pyridine rings is 1. The maximum atomic E-state index is 11.4. The average molecular weight is 303 g/mol. The summed E-state index contributed by atoms with van der Waals surface area (Å²) in [6, 6.07) is 3.47. The second kappa shape index (κ2) is 6.65. The minimum absolute atomic E-state index is 0.262. The van der Waals surface area contributed by atoms with Crippen LogP contribution in [0.1, 0.15) is 49.4 Å². The molecule has 22 heavy (non-hydrogen) atoms. The van der Waals surface area contributed by atoms with Crippen LogP contribution in [0.2, 0.25) is 0 Å². The number of anilines is 1. The van der Waals surface area contributed by atoms with E-state index < -0.39 is 5.91 Å². The van der Waals surface area contributed by atoms with E-state index in [2.05, 4.69) is 16.8 Å². The van der Waals surface area contributed by atoms with Crippen LogP contribution in [0.25, 0.3) is 0 Å². The number of aromatic nitrogens is 1. The first-order valence-electron chi connectivity index (χ1n) is 8.33. The van der Waals surface area contributed by atoms with Crippen molar-refractivity contribution in [3.05, 3.63) is 23.9 Å². The number of unbranched alkanes of at least 4 members (excludes halogenated alkanes) is 1. The number of amides is 1. The second-order valence-electron chi connectivity index (χ2n) is 6.45. The van der Waals surface area contributed by atoms with Crippen LogP contribution >= 0.6 is 0 Å². The number of carbonyl (C=O) groups is 1. The second-order valence-corrected chi connectivity index (χ2v) is 6.45. The molecular formula is C17H25N3O2. The quantitative estimate of drug-likeness (QED) is 0.876. The van der Waals surface area contributed by atoms with E-state index in [1.165, 1.54) is 25.7 Å². The minimum Gasteiger partial charge on any atom is -0.371 e. The highest BCUT2D eigenvalue weighted by Crippen LogP contribution is 2.38. The molecule has 1 amide bonds. The lowest BCUT2D eigenvalue weighted by molar-refractivity contribution is -0.0411. The van der Waals surface area contributed by atoms with Crippen molar-refractivity contribution in [1.29, 1.82) is 0 Å². The Bertz CT molecular complexity index is 530. The fourth-order valence-corrected chi connectivity index (χ4v) is 3.12. The Kier molecular flexibility index (Phi) is 4.62. The zero-order valence-corrected chi connectivity index (χ0v) is 13.2. The van der Waals surface area contributed by atoms with Crippen molar-refractivity contribution >= 4 is 11.7 Å². The highest BCUT2D eigenvalue weighted by Gasteiger charge is 2.38. The van der Waals surface area contributed by atoms with Gasteiger partial charge in [-0.3, -0.25) is 4.79 Å². The SMILES string of the molecule is CCCCC1CN(c2cc(C(N)=O)ccn2)CC(C2CC2)O1. The summed E-state index contributed by atoms with van der Waals surface area (Å²) in [6.07, 6.45) is 8.23. The van der Waals surface area contributed by atoms with Crippen LogP contribution in [0.15, 0.2) is 18.3 Å². The number of nitrogens with two attached hydrogens (primary N) is 1. The number of hydrogen-bond acceptors (Lipinski definition) is 4. The zero-order chi connectivity index (χ0) is 15.5. The van der Waals surface area contributed by atoms with Gasteiger partial charge >= 0.3 is 0 Å². The number of rotatable bonds is 6. The van der Waals surface area contributed by atoms with Crippen LogP contribution in [0.3, 0.4) is 0 Å². The van der Waals surface area contributed by atoms with E-state index in [4.69, 9.17) is 10.5 Å². The van der Waals surface area contributed by atoms with Crippen molar-refractivity contribution in [3.63, 3.8) is 0 Å². The molecule has 2 fully saturated rings. The number of morpholine rings is 1. The molecule has 1 saturated carbocycles. The number of ether oxygens (including phenoxy) is 1. The van der Waals surface area contributed by atoms with E-state index in [0.29, 0.717) is 17.6 Å². The van der Waals surface area contributed by atoms with Crippen LogP contribution in [0, 0.1) is 5.92 Å². The molecule has 2 heterocycles. The van der Waals surface area contributed by atoms with Crippen LogP contribution in [0.4, 0.5) is 5.82 Å². The average Bonchev–Trinajstić information content (AvgIpc) is 3.37. The highest BCUT2D eigenvalue weighted by atomic mass is 16.5. The molecule has 2 atom stereocenters. The predicted octanol–water partition coefficient (Wildman–Crippen LogP) is 2.35. The van der Waals surface area contributed by atoms with E-state index in [-0.39, 0.29) is 6.10 Å². The number of hydrogen-bond donors (Lipinski definition) is 1. The van der Waals surface area contributed by atoms with Crippen molar-refractivity contribution in [2.75, 3.05) is 18.0 Å². The minimum atomic E-state index is -0.404. The molecule has 1 aliphatic heterocycles. The number of carbonyl (C=O) groups excluding carboxylic acids is 1. The molecule has 1 aromatic heterocycles. The Balaban J connectivity index is 1.75. The molecular weight excluding hydrogens is 278 g/mol. The fourth-order valence-electron chi connectivity index (χ4n) is 3.12. The topological polar surface area (TPSA) is 68.5 Å². The van der Waals surface area contributed by atoms with E-state index in [9.17, 15) is 4.79 Å². The van der Waals surface area contributed by atoms with Crippen molar-refractivity contribution in [3.8, 4) is 0 Å². The number of nitrogens with zero attached hydrogens (tertiary/aromatic N) is 2. The van der Waals surface area contributed by atoms with Gasteiger partial charge in [-0.05, 0) is 37.3 Å². The smallest absolute Gasteiger partial charge is 0.248 e. The van der Waals surface area contributed by atoms with Gasteiger partial charge in [-0.15, -0.1) is 0 Å². The monoisotopic (exact) mass is 303 g/mol. The Hall–Kier alpha value is -1.62. The summed E-state index contributed by atoms with van der Waals surface area (Å²) in [4.78, 5) is 18.1. The van der Waals surface area contributed by atoms with Gasteiger partial charge in [0.15, 0.2) is 0 Å².